The van der Waals surface area contributed by atoms with Gasteiger partial charge in [0.15, 0.2) is 0 Å². The van der Waals surface area contributed by atoms with Crippen molar-refractivity contribution in [1.82, 2.24) is 5.32 Å². The highest BCUT2D eigenvalue weighted by Crippen LogP contribution is 2.48. The van der Waals surface area contributed by atoms with Gasteiger partial charge in [0.1, 0.15) is 0 Å². The third-order valence-electron chi connectivity index (χ3n) is 3.28. The summed E-state index contributed by atoms with van der Waals surface area (Å²) >= 11 is 6.17. The van der Waals surface area contributed by atoms with E-state index in [4.69, 9.17) is 16.9 Å². The number of alkyl halides is 1. The summed E-state index contributed by atoms with van der Waals surface area (Å²) in [5, 5.41) is 14.8. The molecule has 6 heteroatoms. The minimum atomic E-state index is -0.618. The number of rotatable bonds is 1. The number of halogens is 1. The maximum atomic E-state index is 10.9. The molecule has 5 nitrogen and oxygen atoms in total. The molecule has 1 amide bonds. The van der Waals surface area contributed by atoms with Gasteiger partial charge in [-0.25, -0.2) is 4.79 Å². The number of hydrogen-bond donors (Lipinski definition) is 1. The van der Waals surface area contributed by atoms with E-state index in [1.807, 2.05) is 0 Å². The number of oxime groups is 1. The molecule has 2 fully saturated rings. The van der Waals surface area contributed by atoms with Crippen molar-refractivity contribution in [2.45, 2.75) is 18.2 Å². The highest BCUT2D eigenvalue weighted by atomic mass is 35.5. The van der Waals surface area contributed by atoms with Crippen LogP contribution in [0, 0.1) is 29.1 Å². The van der Waals surface area contributed by atoms with E-state index in [1.165, 1.54) is 7.05 Å². The number of nitriles is 1. The van der Waals surface area contributed by atoms with Crippen molar-refractivity contribution >= 4 is 23.4 Å². The summed E-state index contributed by atoms with van der Waals surface area (Å²) in [6.45, 7) is 0. The van der Waals surface area contributed by atoms with Crippen LogP contribution < -0.4 is 5.32 Å². The molecule has 0 saturated heterocycles. The van der Waals surface area contributed by atoms with E-state index in [2.05, 4.69) is 21.4 Å². The first-order chi connectivity index (χ1) is 7.67. The summed E-state index contributed by atoms with van der Waals surface area (Å²) in [5.74, 6) is 0.317. The van der Waals surface area contributed by atoms with Crippen LogP contribution in [0.25, 0.3) is 0 Å². The normalized spacial score (nSPS) is 38.4. The Hall–Kier alpha value is -1.28. The van der Waals surface area contributed by atoms with Gasteiger partial charge in [0.2, 0.25) is 0 Å². The van der Waals surface area contributed by atoms with Gasteiger partial charge in [0.25, 0.3) is 0 Å². The number of amides is 1. The molecule has 2 bridgehead atoms. The molecular weight excluding hydrogens is 230 g/mol. The van der Waals surface area contributed by atoms with Crippen LogP contribution in [0.2, 0.25) is 0 Å². The lowest BCUT2D eigenvalue weighted by Crippen LogP contribution is -2.29. The number of carbonyl (C=O) groups is 1. The van der Waals surface area contributed by atoms with Crippen molar-refractivity contribution in [2.75, 3.05) is 7.05 Å². The Labute approximate surface area is 98.4 Å². The molecule has 4 unspecified atom stereocenters. The lowest BCUT2D eigenvalue weighted by atomic mass is 9.88. The number of carbonyl (C=O) groups excluding carboxylic acids is 1. The molecule has 0 spiro atoms. The summed E-state index contributed by atoms with van der Waals surface area (Å²) in [4.78, 5) is 15.5. The SMILES string of the molecule is CNC(=O)ON=C1C(Cl)C2CC(C#N)C1C2. The highest BCUT2D eigenvalue weighted by Gasteiger charge is 2.50. The molecule has 2 aliphatic rings. The zero-order valence-electron chi connectivity index (χ0n) is 8.81. The number of hydrogen-bond acceptors (Lipinski definition) is 4. The molecule has 2 saturated carbocycles. The first kappa shape index (κ1) is 11.2. The van der Waals surface area contributed by atoms with Crippen LogP contribution in [0.5, 0.6) is 0 Å². The molecule has 2 aliphatic carbocycles. The minimum absolute atomic E-state index is 0.0352. The van der Waals surface area contributed by atoms with E-state index in [-0.39, 0.29) is 17.2 Å². The molecule has 0 heterocycles. The van der Waals surface area contributed by atoms with Gasteiger partial charge in [0.05, 0.1) is 23.1 Å². The fraction of sp³-hybridized carbons (Fsp3) is 0.700. The predicted molar refractivity (Wildman–Crippen MR) is 57.9 cm³/mol. The maximum Gasteiger partial charge on any atom is 0.433 e. The van der Waals surface area contributed by atoms with Crippen LogP contribution in [0.3, 0.4) is 0 Å². The van der Waals surface area contributed by atoms with Crippen LogP contribution in [0.4, 0.5) is 4.79 Å². The van der Waals surface area contributed by atoms with E-state index in [9.17, 15) is 4.79 Å². The molecule has 0 aromatic heterocycles. The molecule has 2 rings (SSSR count). The van der Waals surface area contributed by atoms with Crippen molar-refractivity contribution in [3.05, 3.63) is 0 Å². The molecule has 16 heavy (non-hydrogen) atoms. The van der Waals surface area contributed by atoms with E-state index in [1.54, 1.807) is 0 Å². The summed E-state index contributed by atoms with van der Waals surface area (Å²) in [7, 11) is 1.46. The Bertz CT molecular complexity index is 377. The number of nitrogens with one attached hydrogen (secondary N) is 1. The monoisotopic (exact) mass is 241 g/mol. The Balaban J connectivity index is 2.10. The fourth-order valence-electron chi connectivity index (χ4n) is 2.49. The average molecular weight is 242 g/mol. The summed E-state index contributed by atoms with van der Waals surface area (Å²) in [5.41, 5.74) is 0.646. The van der Waals surface area contributed by atoms with Crippen molar-refractivity contribution in [2.24, 2.45) is 22.9 Å². The van der Waals surface area contributed by atoms with Gasteiger partial charge in [-0.2, -0.15) is 5.26 Å². The lowest BCUT2D eigenvalue weighted by molar-refractivity contribution is 0.152. The second-order valence-electron chi connectivity index (χ2n) is 4.12. The second kappa shape index (κ2) is 4.30. The molecule has 0 aromatic rings. The van der Waals surface area contributed by atoms with Crippen LogP contribution in [-0.2, 0) is 4.84 Å². The van der Waals surface area contributed by atoms with E-state index in [0.29, 0.717) is 11.6 Å². The Kier molecular flexibility index (Phi) is 3.01. The zero-order chi connectivity index (χ0) is 11.7. The number of nitrogens with zero attached hydrogens (tertiary/aromatic N) is 2. The van der Waals surface area contributed by atoms with Crippen LogP contribution in [-0.4, -0.2) is 24.2 Å². The van der Waals surface area contributed by atoms with Gasteiger partial charge in [-0.1, -0.05) is 5.16 Å². The van der Waals surface area contributed by atoms with Gasteiger partial charge in [-0.05, 0) is 18.8 Å². The van der Waals surface area contributed by atoms with E-state index < -0.39 is 6.09 Å². The molecule has 1 N–H and O–H groups in total. The van der Waals surface area contributed by atoms with Gasteiger partial charge in [-0.3, -0.25) is 4.84 Å². The first-order valence-corrected chi connectivity index (χ1v) is 5.61. The Morgan fingerprint density at radius 1 is 1.69 bits per heavy atom. The maximum absolute atomic E-state index is 10.9. The van der Waals surface area contributed by atoms with Crippen molar-refractivity contribution in [3.63, 3.8) is 0 Å². The molecule has 0 aliphatic heterocycles. The average Bonchev–Trinajstić information content (AvgIpc) is 2.84. The molecule has 0 radical (unpaired) electrons. The van der Waals surface area contributed by atoms with Crippen molar-refractivity contribution in [1.29, 1.82) is 5.26 Å². The largest absolute Gasteiger partial charge is 0.433 e. The first-order valence-electron chi connectivity index (χ1n) is 5.17. The quantitative estimate of drug-likeness (QED) is 0.429. The van der Waals surface area contributed by atoms with E-state index in [0.717, 1.165) is 12.8 Å². The van der Waals surface area contributed by atoms with Crippen molar-refractivity contribution in [3.8, 4) is 6.07 Å². The summed E-state index contributed by atoms with van der Waals surface area (Å²) < 4.78 is 0. The van der Waals surface area contributed by atoms with Gasteiger partial charge in [0, 0.05) is 13.0 Å². The van der Waals surface area contributed by atoms with Gasteiger partial charge in [-0.15, -0.1) is 11.6 Å². The second-order valence-corrected chi connectivity index (χ2v) is 4.59. The van der Waals surface area contributed by atoms with Gasteiger partial charge < -0.3 is 5.32 Å². The fourth-order valence-corrected chi connectivity index (χ4v) is 2.90. The summed E-state index contributed by atoms with van der Waals surface area (Å²) in [6, 6.07) is 2.25. The highest BCUT2D eigenvalue weighted by molar-refractivity contribution is 6.33. The molecule has 0 aromatic carbocycles. The van der Waals surface area contributed by atoms with E-state index >= 15 is 0 Å². The third-order valence-corrected chi connectivity index (χ3v) is 3.86. The van der Waals surface area contributed by atoms with Crippen LogP contribution in [0.1, 0.15) is 12.8 Å². The molecular formula is C10H12ClN3O2. The lowest BCUT2D eigenvalue weighted by Gasteiger charge is -2.20. The number of fused-ring (bicyclic) bond motifs is 2. The van der Waals surface area contributed by atoms with Crippen LogP contribution in [0.15, 0.2) is 5.16 Å². The molecule has 4 atom stereocenters. The topological polar surface area (TPSA) is 74.5 Å². The zero-order valence-corrected chi connectivity index (χ0v) is 9.57. The smallest absolute Gasteiger partial charge is 0.323 e. The summed E-state index contributed by atoms with van der Waals surface area (Å²) in [6.07, 6.45) is 1.09. The van der Waals surface area contributed by atoms with Crippen molar-refractivity contribution < 1.29 is 9.63 Å². The Morgan fingerprint density at radius 2 is 2.44 bits per heavy atom. The third kappa shape index (κ3) is 1.74. The predicted octanol–water partition coefficient (Wildman–Crippen LogP) is 1.49. The standard InChI is InChI=1S/C10H12ClN3O2/c1-13-10(15)16-14-9-7-3-5(8(9)11)2-6(7)4-12/h5-8H,2-3H2,1H3,(H,13,15). The minimum Gasteiger partial charge on any atom is -0.323 e. The van der Waals surface area contributed by atoms with Crippen LogP contribution >= 0.6 is 11.6 Å². The van der Waals surface area contributed by atoms with Gasteiger partial charge >= 0.3 is 6.09 Å². The Morgan fingerprint density at radius 3 is 3.00 bits per heavy atom. The molecule has 86 valence electrons.